The van der Waals surface area contributed by atoms with Crippen LogP contribution < -0.4 is 5.32 Å². The topological polar surface area (TPSA) is 29.1 Å². The van der Waals surface area contributed by atoms with Crippen molar-refractivity contribution in [3.63, 3.8) is 0 Å². The van der Waals surface area contributed by atoms with Gasteiger partial charge in [-0.05, 0) is 18.4 Å². The quantitative estimate of drug-likeness (QED) is 0.791. The first-order valence-electron chi connectivity index (χ1n) is 6.82. The van der Waals surface area contributed by atoms with Gasteiger partial charge in [-0.3, -0.25) is 4.79 Å². The normalized spacial score (nSPS) is 22.8. The minimum Gasteiger partial charge on any atom is -0.349 e. The van der Waals surface area contributed by atoms with E-state index in [1.54, 1.807) is 0 Å². The van der Waals surface area contributed by atoms with Gasteiger partial charge < -0.3 is 5.32 Å². The molecule has 2 nitrogen and oxygen atoms in total. The molecule has 0 bridgehead atoms. The molecule has 1 aromatic carbocycles. The largest absolute Gasteiger partial charge is 0.349 e. The molecule has 2 rings (SSSR count). The Morgan fingerprint density at radius 2 is 1.94 bits per heavy atom. The fraction of sp³-hybridized carbons (Fsp3) is 0.438. The van der Waals surface area contributed by atoms with Gasteiger partial charge in [-0.1, -0.05) is 62.2 Å². The predicted molar refractivity (Wildman–Crippen MR) is 74.2 cm³/mol. The van der Waals surface area contributed by atoms with Gasteiger partial charge in [0.1, 0.15) is 0 Å². The maximum absolute atomic E-state index is 11.9. The molecule has 0 fully saturated rings. The third-order valence-electron chi connectivity index (χ3n) is 3.41. The summed E-state index contributed by atoms with van der Waals surface area (Å²) in [4.78, 5) is 11.9. The number of carbonyl (C=O) groups excluding carboxylic acids is 1. The first kappa shape index (κ1) is 12.9. The monoisotopic (exact) mass is 243 g/mol. The van der Waals surface area contributed by atoms with E-state index in [9.17, 15) is 4.79 Å². The fourth-order valence-corrected chi connectivity index (χ4v) is 2.33. The number of hydrogen-bond donors (Lipinski definition) is 1. The molecule has 96 valence electrons. The smallest absolute Gasteiger partial charge is 0.227 e. The van der Waals surface area contributed by atoms with Crippen molar-refractivity contribution in [3.05, 3.63) is 48.0 Å². The van der Waals surface area contributed by atoms with E-state index in [2.05, 4.69) is 36.5 Å². The van der Waals surface area contributed by atoms with Gasteiger partial charge in [0, 0.05) is 0 Å². The molecule has 0 unspecified atom stereocenters. The van der Waals surface area contributed by atoms with E-state index < -0.39 is 0 Å². The van der Waals surface area contributed by atoms with E-state index in [-0.39, 0.29) is 17.9 Å². The number of unbranched alkanes of at least 4 members (excludes halogenated alkanes) is 1. The molecule has 1 N–H and O–H groups in total. The van der Waals surface area contributed by atoms with Gasteiger partial charge in [-0.25, -0.2) is 0 Å². The first-order chi connectivity index (χ1) is 8.79. The summed E-state index contributed by atoms with van der Waals surface area (Å²) in [5.41, 5.74) is 1.26. The van der Waals surface area contributed by atoms with Crippen LogP contribution in [0.1, 0.15) is 31.7 Å². The summed E-state index contributed by atoms with van der Waals surface area (Å²) in [5, 5.41) is 3.10. The highest BCUT2D eigenvalue weighted by molar-refractivity contribution is 5.82. The van der Waals surface area contributed by atoms with E-state index in [0.29, 0.717) is 0 Å². The first-order valence-corrected chi connectivity index (χ1v) is 6.82. The lowest BCUT2D eigenvalue weighted by molar-refractivity contribution is -0.124. The molecule has 0 radical (unpaired) electrons. The summed E-state index contributed by atoms with van der Waals surface area (Å²) in [6.07, 6.45) is 8.34. The predicted octanol–water partition coefficient (Wildman–Crippen LogP) is 3.09. The van der Waals surface area contributed by atoms with Gasteiger partial charge in [0.15, 0.2) is 0 Å². The van der Waals surface area contributed by atoms with Gasteiger partial charge in [0.05, 0.1) is 12.0 Å². The molecule has 2 atom stereocenters. The zero-order chi connectivity index (χ0) is 12.8. The van der Waals surface area contributed by atoms with Crippen LogP contribution in [-0.4, -0.2) is 11.9 Å². The third-order valence-corrected chi connectivity index (χ3v) is 3.41. The Balaban J connectivity index is 1.92. The molecule has 1 aliphatic heterocycles. The standard InChI is InChI=1S/C16H21NO/c1-2-3-9-14-10-11-15(17-16(14)18)12-13-7-5-4-6-8-13/h4-8,10-11,14-15H,2-3,9,12H2,1H3,(H,17,18)/t14-,15+/m0/s1. The summed E-state index contributed by atoms with van der Waals surface area (Å²) in [6.45, 7) is 2.16. The Labute approximate surface area is 109 Å². The maximum Gasteiger partial charge on any atom is 0.227 e. The summed E-state index contributed by atoms with van der Waals surface area (Å²) in [7, 11) is 0. The molecule has 0 aromatic heterocycles. The van der Waals surface area contributed by atoms with Crippen molar-refractivity contribution >= 4 is 5.91 Å². The Kier molecular flexibility index (Phi) is 4.57. The third kappa shape index (κ3) is 3.46. The van der Waals surface area contributed by atoms with Crippen LogP contribution in [0.3, 0.4) is 0 Å². The lowest BCUT2D eigenvalue weighted by Crippen LogP contribution is -2.41. The van der Waals surface area contributed by atoms with Crippen molar-refractivity contribution < 1.29 is 4.79 Å². The Morgan fingerprint density at radius 1 is 1.17 bits per heavy atom. The van der Waals surface area contributed by atoms with E-state index >= 15 is 0 Å². The van der Waals surface area contributed by atoms with Crippen molar-refractivity contribution in [1.82, 2.24) is 5.32 Å². The van der Waals surface area contributed by atoms with Crippen LogP contribution in [-0.2, 0) is 11.2 Å². The number of rotatable bonds is 5. The molecule has 1 aromatic rings. The van der Waals surface area contributed by atoms with Gasteiger partial charge in [-0.15, -0.1) is 0 Å². The van der Waals surface area contributed by atoms with Crippen molar-refractivity contribution in [1.29, 1.82) is 0 Å². The van der Waals surface area contributed by atoms with Crippen LogP contribution in [0.2, 0.25) is 0 Å². The number of nitrogens with one attached hydrogen (secondary N) is 1. The van der Waals surface area contributed by atoms with Crippen LogP contribution in [0.25, 0.3) is 0 Å². The summed E-state index contributed by atoms with van der Waals surface area (Å²) in [5.74, 6) is 0.267. The molecule has 18 heavy (non-hydrogen) atoms. The Hall–Kier alpha value is -1.57. The lowest BCUT2D eigenvalue weighted by Gasteiger charge is -2.24. The summed E-state index contributed by atoms with van der Waals surface area (Å²) in [6, 6.07) is 10.4. The highest BCUT2D eigenvalue weighted by Gasteiger charge is 2.22. The molecular formula is C16H21NO. The maximum atomic E-state index is 11.9. The number of hydrogen-bond acceptors (Lipinski definition) is 1. The fourth-order valence-electron chi connectivity index (χ4n) is 2.33. The van der Waals surface area contributed by atoms with E-state index in [1.807, 2.05) is 18.2 Å². The van der Waals surface area contributed by atoms with Crippen LogP contribution >= 0.6 is 0 Å². The molecule has 1 aliphatic rings. The minimum absolute atomic E-state index is 0.0805. The van der Waals surface area contributed by atoms with E-state index in [0.717, 1.165) is 25.7 Å². The van der Waals surface area contributed by atoms with E-state index in [1.165, 1.54) is 5.56 Å². The lowest BCUT2D eigenvalue weighted by atomic mass is 9.94. The Morgan fingerprint density at radius 3 is 2.61 bits per heavy atom. The zero-order valence-corrected chi connectivity index (χ0v) is 10.9. The zero-order valence-electron chi connectivity index (χ0n) is 10.9. The van der Waals surface area contributed by atoms with Gasteiger partial charge in [-0.2, -0.15) is 0 Å². The minimum atomic E-state index is 0.0805. The van der Waals surface area contributed by atoms with Crippen LogP contribution in [0.15, 0.2) is 42.5 Å². The molecular weight excluding hydrogens is 222 g/mol. The van der Waals surface area contributed by atoms with Crippen LogP contribution in [0.5, 0.6) is 0 Å². The molecule has 0 spiro atoms. The van der Waals surface area contributed by atoms with Gasteiger partial charge in [0.2, 0.25) is 5.91 Å². The molecule has 1 heterocycles. The van der Waals surface area contributed by atoms with Crippen molar-refractivity contribution in [2.24, 2.45) is 5.92 Å². The number of benzene rings is 1. The molecule has 0 saturated heterocycles. The highest BCUT2D eigenvalue weighted by Crippen LogP contribution is 2.16. The number of amides is 1. The van der Waals surface area contributed by atoms with Crippen molar-refractivity contribution in [2.45, 2.75) is 38.6 Å². The SMILES string of the molecule is CCCC[C@H]1C=C[C@H](Cc2ccccc2)NC1=O. The average molecular weight is 243 g/mol. The van der Waals surface area contributed by atoms with Crippen LogP contribution in [0, 0.1) is 5.92 Å². The molecule has 0 aliphatic carbocycles. The second-order valence-electron chi connectivity index (χ2n) is 4.94. The second kappa shape index (κ2) is 6.39. The average Bonchev–Trinajstić information content (AvgIpc) is 2.39. The van der Waals surface area contributed by atoms with E-state index in [4.69, 9.17) is 0 Å². The molecule has 2 heteroatoms. The second-order valence-corrected chi connectivity index (χ2v) is 4.94. The molecule has 1 amide bonds. The summed E-state index contributed by atoms with van der Waals surface area (Å²) < 4.78 is 0. The number of carbonyl (C=O) groups is 1. The summed E-state index contributed by atoms with van der Waals surface area (Å²) >= 11 is 0. The van der Waals surface area contributed by atoms with Gasteiger partial charge >= 0.3 is 0 Å². The highest BCUT2D eigenvalue weighted by atomic mass is 16.2. The van der Waals surface area contributed by atoms with Gasteiger partial charge in [0.25, 0.3) is 0 Å². The Bertz CT molecular complexity index is 410. The van der Waals surface area contributed by atoms with Crippen LogP contribution in [0.4, 0.5) is 0 Å². The van der Waals surface area contributed by atoms with Crippen molar-refractivity contribution in [2.75, 3.05) is 0 Å². The molecule has 0 saturated carbocycles. The van der Waals surface area contributed by atoms with Crippen molar-refractivity contribution in [3.8, 4) is 0 Å².